The number of hydrogen-bond acceptors (Lipinski definition) is 3. The van der Waals surface area contributed by atoms with Crippen molar-refractivity contribution >= 4 is 5.91 Å². The molecule has 0 bridgehead atoms. The molecule has 1 unspecified atom stereocenters. The molecule has 0 spiro atoms. The first-order valence-corrected chi connectivity index (χ1v) is 8.29. The predicted molar refractivity (Wildman–Crippen MR) is 82.5 cm³/mol. The summed E-state index contributed by atoms with van der Waals surface area (Å²) in [6.45, 7) is 5.66. The van der Waals surface area contributed by atoms with Gasteiger partial charge in [0.1, 0.15) is 0 Å². The largest absolute Gasteiger partial charge is 0.338 e. The van der Waals surface area contributed by atoms with Crippen LogP contribution in [0.1, 0.15) is 51.9 Å². The molecular formula is C16H31N3O. The summed E-state index contributed by atoms with van der Waals surface area (Å²) in [7, 11) is 2.15. The van der Waals surface area contributed by atoms with E-state index in [4.69, 9.17) is 5.73 Å². The smallest absolute Gasteiger partial charge is 0.230 e. The molecule has 0 radical (unpaired) electrons. The van der Waals surface area contributed by atoms with Crippen molar-refractivity contribution in [2.24, 2.45) is 11.1 Å². The summed E-state index contributed by atoms with van der Waals surface area (Å²) in [5.74, 6) is 0.338. The van der Waals surface area contributed by atoms with Crippen LogP contribution in [0.4, 0.5) is 0 Å². The van der Waals surface area contributed by atoms with Gasteiger partial charge in [-0.2, -0.15) is 0 Å². The van der Waals surface area contributed by atoms with Crippen LogP contribution >= 0.6 is 0 Å². The Labute approximate surface area is 123 Å². The number of carbonyl (C=O) groups is 1. The zero-order chi connectivity index (χ0) is 14.6. The van der Waals surface area contributed by atoms with E-state index in [0.717, 1.165) is 51.7 Å². The Morgan fingerprint density at radius 1 is 1.15 bits per heavy atom. The molecule has 2 aliphatic rings. The number of rotatable bonds is 2. The molecule has 2 rings (SSSR count). The number of nitrogens with two attached hydrogens (primary N) is 1. The van der Waals surface area contributed by atoms with E-state index >= 15 is 0 Å². The van der Waals surface area contributed by atoms with Crippen LogP contribution in [-0.4, -0.2) is 55.0 Å². The Kier molecular flexibility index (Phi) is 5.44. The molecule has 1 atom stereocenters. The number of amides is 1. The lowest BCUT2D eigenvalue weighted by atomic mass is 9.78. The highest BCUT2D eigenvalue weighted by molar-refractivity contribution is 5.83. The minimum atomic E-state index is -0.270. The second-order valence-electron chi connectivity index (χ2n) is 6.86. The average Bonchev–Trinajstić information content (AvgIpc) is 2.76. The Hall–Kier alpha value is -0.610. The van der Waals surface area contributed by atoms with Crippen LogP contribution in [0.2, 0.25) is 0 Å². The SMILES string of the molecule is CC1CN(C)CCCN1C(=O)C1(CN)CCCCCC1. The fourth-order valence-corrected chi connectivity index (χ4v) is 3.89. The predicted octanol–water partition coefficient (Wildman–Crippen LogP) is 1.84. The minimum absolute atomic E-state index is 0.270. The summed E-state index contributed by atoms with van der Waals surface area (Å²) in [4.78, 5) is 17.6. The molecule has 0 aromatic carbocycles. The monoisotopic (exact) mass is 281 g/mol. The van der Waals surface area contributed by atoms with Crippen LogP contribution in [0.15, 0.2) is 0 Å². The van der Waals surface area contributed by atoms with Gasteiger partial charge in [0.25, 0.3) is 0 Å². The third-order valence-corrected chi connectivity index (χ3v) is 5.21. The standard InChI is InChI=1S/C16H31N3O/c1-14-12-18(2)10-7-11-19(14)15(20)16(13-17)8-5-3-4-6-9-16/h14H,3-13,17H2,1-2H3. The molecule has 116 valence electrons. The fourth-order valence-electron chi connectivity index (χ4n) is 3.89. The molecular weight excluding hydrogens is 250 g/mol. The Bertz CT molecular complexity index is 324. The lowest BCUT2D eigenvalue weighted by Gasteiger charge is -2.38. The molecule has 20 heavy (non-hydrogen) atoms. The van der Waals surface area contributed by atoms with Gasteiger partial charge in [-0.1, -0.05) is 25.7 Å². The third-order valence-electron chi connectivity index (χ3n) is 5.21. The van der Waals surface area contributed by atoms with Gasteiger partial charge in [-0.25, -0.2) is 0 Å². The Balaban J connectivity index is 2.14. The van der Waals surface area contributed by atoms with Gasteiger partial charge in [0.2, 0.25) is 5.91 Å². The molecule has 1 heterocycles. The zero-order valence-corrected chi connectivity index (χ0v) is 13.2. The van der Waals surface area contributed by atoms with E-state index < -0.39 is 0 Å². The number of hydrogen-bond donors (Lipinski definition) is 1. The summed E-state index contributed by atoms with van der Waals surface area (Å²) in [6, 6.07) is 0.307. The van der Waals surface area contributed by atoms with Gasteiger partial charge in [-0.3, -0.25) is 4.79 Å². The van der Waals surface area contributed by atoms with Crippen LogP contribution in [0.25, 0.3) is 0 Å². The summed E-state index contributed by atoms with van der Waals surface area (Å²) in [6.07, 6.45) is 7.88. The summed E-state index contributed by atoms with van der Waals surface area (Å²) < 4.78 is 0. The zero-order valence-electron chi connectivity index (χ0n) is 13.2. The summed E-state index contributed by atoms with van der Waals surface area (Å²) >= 11 is 0. The molecule has 1 saturated carbocycles. The van der Waals surface area contributed by atoms with E-state index in [9.17, 15) is 4.79 Å². The molecule has 4 heteroatoms. The molecule has 1 saturated heterocycles. The molecule has 0 aromatic rings. The Morgan fingerprint density at radius 2 is 1.80 bits per heavy atom. The van der Waals surface area contributed by atoms with Crippen molar-refractivity contribution in [1.82, 2.24) is 9.80 Å². The maximum absolute atomic E-state index is 13.2. The Morgan fingerprint density at radius 3 is 2.40 bits per heavy atom. The third kappa shape index (κ3) is 3.34. The minimum Gasteiger partial charge on any atom is -0.338 e. The van der Waals surface area contributed by atoms with Crippen LogP contribution < -0.4 is 5.73 Å². The second kappa shape index (κ2) is 6.90. The van der Waals surface area contributed by atoms with E-state index in [0.29, 0.717) is 18.5 Å². The first-order chi connectivity index (χ1) is 9.59. The van der Waals surface area contributed by atoms with Crippen molar-refractivity contribution in [1.29, 1.82) is 0 Å². The van der Waals surface area contributed by atoms with Gasteiger partial charge < -0.3 is 15.5 Å². The van der Waals surface area contributed by atoms with E-state index in [1.807, 2.05) is 0 Å². The van der Waals surface area contributed by atoms with Gasteiger partial charge >= 0.3 is 0 Å². The quantitative estimate of drug-likeness (QED) is 0.786. The van der Waals surface area contributed by atoms with Gasteiger partial charge in [-0.05, 0) is 39.8 Å². The first-order valence-electron chi connectivity index (χ1n) is 8.29. The van der Waals surface area contributed by atoms with Gasteiger partial charge in [-0.15, -0.1) is 0 Å². The number of carbonyl (C=O) groups excluding carboxylic acids is 1. The van der Waals surface area contributed by atoms with E-state index in [1.165, 1.54) is 12.8 Å². The molecule has 0 aromatic heterocycles. The summed E-state index contributed by atoms with van der Waals surface area (Å²) in [5, 5.41) is 0. The molecule has 2 fully saturated rings. The topological polar surface area (TPSA) is 49.6 Å². The second-order valence-corrected chi connectivity index (χ2v) is 6.86. The molecule has 2 N–H and O–H groups in total. The maximum atomic E-state index is 13.2. The van der Waals surface area contributed by atoms with Crippen LogP contribution in [0.5, 0.6) is 0 Å². The van der Waals surface area contributed by atoms with Crippen molar-refractivity contribution in [3.63, 3.8) is 0 Å². The maximum Gasteiger partial charge on any atom is 0.230 e. The number of likely N-dealkylation sites (N-methyl/N-ethyl adjacent to an activating group) is 1. The van der Waals surface area contributed by atoms with Crippen molar-refractivity contribution in [2.75, 3.05) is 33.2 Å². The highest BCUT2D eigenvalue weighted by Crippen LogP contribution is 2.36. The van der Waals surface area contributed by atoms with Crippen molar-refractivity contribution in [3.8, 4) is 0 Å². The van der Waals surface area contributed by atoms with Crippen molar-refractivity contribution < 1.29 is 4.79 Å². The fraction of sp³-hybridized carbons (Fsp3) is 0.938. The number of nitrogens with zero attached hydrogens (tertiary/aromatic N) is 2. The first kappa shape index (κ1) is 15.8. The lowest BCUT2D eigenvalue weighted by Crippen LogP contribution is -2.52. The van der Waals surface area contributed by atoms with Crippen LogP contribution in [-0.2, 0) is 4.79 Å². The highest BCUT2D eigenvalue weighted by Gasteiger charge is 2.41. The van der Waals surface area contributed by atoms with Crippen molar-refractivity contribution in [2.45, 2.75) is 57.9 Å². The molecule has 1 amide bonds. The van der Waals surface area contributed by atoms with Crippen LogP contribution in [0.3, 0.4) is 0 Å². The normalized spacial score (nSPS) is 28.8. The molecule has 4 nitrogen and oxygen atoms in total. The summed E-state index contributed by atoms with van der Waals surface area (Å²) in [5.41, 5.74) is 5.80. The highest BCUT2D eigenvalue weighted by atomic mass is 16.2. The van der Waals surface area contributed by atoms with E-state index in [1.54, 1.807) is 0 Å². The average molecular weight is 281 g/mol. The molecule has 1 aliphatic heterocycles. The van der Waals surface area contributed by atoms with E-state index in [2.05, 4.69) is 23.8 Å². The van der Waals surface area contributed by atoms with E-state index in [-0.39, 0.29) is 5.41 Å². The van der Waals surface area contributed by atoms with Gasteiger partial charge in [0, 0.05) is 25.7 Å². The molecule has 1 aliphatic carbocycles. The van der Waals surface area contributed by atoms with Crippen LogP contribution in [0, 0.1) is 5.41 Å². The van der Waals surface area contributed by atoms with Gasteiger partial charge in [0.15, 0.2) is 0 Å². The lowest BCUT2D eigenvalue weighted by molar-refractivity contribution is -0.144. The van der Waals surface area contributed by atoms with Crippen molar-refractivity contribution in [3.05, 3.63) is 0 Å². The van der Waals surface area contributed by atoms with Gasteiger partial charge in [0.05, 0.1) is 5.41 Å².